The van der Waals surface area contributed by atoms with Crippen molar-refractivity contribution in [1.82, 2.24) is 0 Å². The smallest absolute Gasteiger partial charge is 0.183 e. The minimum atomic E-state index is -1.80. The SMILES string of the molecule is C[Si](C)(C)OC(C(O)CO)([Si](C)(C)C)[Si](C)(C)C. The topological polar surface area (TPSA) is 49.7 Å². The van der Waals surface area contributed by atoms with E-state index in [1.165, 1.54) is 0 Å². The minimum absolute atomic E-state index is 0.209. The van der Waals surface area contributed by atoms with Gasteiger partial charge in [0.1, 0.15) is 0 Å². The Labute approximate surface area is 116 Å². The molecule has 0 saturated carbocycles. The van der Waals surface area contributed by atoms with Gasteiger partial charge in [-0.15, -0.1) is 0 Å². The molecule has 1 atom stereocenters. The Kier molecular flexibility index (Phi) is 5.66. The average molecular weight is 309 g/mol. The van der Waals surface area contributed by atoms with Crippen molar-refractivity contribution in [3.8, 4) is 0 Å². The lowest BCUT2D eigenvalue weighted by Gasteiger charge is -2.56. The van der Waals surface area contributed by atoms with Crippen molar-refractivity contribution in [3.05, 3.63) is 0 Å². The van der Waals surface area contributed by atoms with E-state index in [0.717, 1.165) is 0 Å². The normalized spacial score (nSPS) is 16.8. The third-order valence-electron chi connectivity index (χ3n) is 3.34. The van der Waals surface area contributed by atoms with Crippen molar-refractivity contribution in [2.45, 2.75) is 69.9 Å². The van der Waals surface area contributed by atoms with Gasteiger partial charge in [-0.1, -0.05) is 39.3 Å². The van der Waals surface area contributed by atoms with Crippen LogP contribution in [0.3, 0.4) is 0 Å². The Morgan fingerprint density at radius 2 is 1.22 bits per heavy atom. The van der Waals surface area contributed by atoms with E-state index < -0.39 is 35.4 Å². The highest BCUT2D eigenvalue weighted by atomic mass is 28.4. The molecule has 0 fully saturated rings. The van der Waals surface area contributed by atoms with Gasteiger partial charge in [-0.3, -0.25) is 0 Å². The van der Waals surface area contributed by atoms with Gasteiger partial charge >= 0.3 is 0 Å². The van der Waals surface area contributed by atoms with Crippen molar-refractivity contribution in [2.75, 3.05) is 6.61 Å². The first kappa shape index (κ1) is 18.5. The van der Waals surface area contributed by atoms with Crippen LogP contribution in [0.15, 0.2) is 0 Å². The van der Waals surface area contributed by atoms with Crippen LogP contribution in [0, 0.1) is 0 Å². The molecule has 0 aromatic rings. The van der Waals surface area contributed by atoms with Gasteiger partial charge in [-0.2, -0.15) is 0 Å². The molecule has 0 aliphatic heterocycles. The molecular weight excluding hydrogens is 276 g/mol. The molecule has 0 saturated heterocycles. The van der Waals surface area contributed by atoms with Crippen LogP contribution in [0.5, 0.6) is 0 Å². The molecule has 3 nitrogen and oxygen atoms in total. The second kappa shape index (κ2) is 5.49. The van der Waals surface area contributed by atoms with Crippen LogP contribution < -0.4 is 0 Å². The molecule has 0 amide bonds. The van der Waals surface area contributed by atoms with Gasteiger partial charge in [0, 0.05) is 0 Å². The molecular formula is C12H32O3Si3. The molecule has 110 valence electrons. The van der Waals surface area contributed by atoms with E-state index in [0.29, 0.717) is 0 Å². The monoisotopic (exact) mass is 308 g/mol. The fourth-order valence-corrected chi connectivity index (χ4v) is 19.7. The maximum atomic E-state index is 10.5. The number of hydrogen-bond acceptors (Lipinski definition) is 3. The van der Waals surface area contributed by atoms with Crippen molar-refractivity contribution in [3.63, 3.8) is 0 Å². The summed E-state index contributed by atoms with van der Waals surface area (Å²) in [6, 6.07) is 0. The van der Waals surface area contributed by atoms with E-state index >= 15 is 0 Å². The summed E-state index contributed by atoms with van der Waals surface area (Å²) in [6.07, 6.45) is -0.762. The highest BCUT2D eigenvalue weighted by Crippen LogP contribution is 2.40. The standard InChI is InChI=1S/C12H32O3Si3/c1-16(2,3)12(11(14)10-13,17(4,5)6)15-18(7,8)9/h11,13-14H,10H2,1-9H3. The molecule has 0 radical (unpaired) electrons. The minimum Gasteiger partial charge on any atom is -0.415 e. The quantitative estimate of drug-likeness (QED) is 0.742. The molecule has 0 heterocycles. The Morgan fingerprint density at radius 1 is 0.889 bits per heavy atom. The molecule has 1 unspecified atom stereocenters. The van der Waals surface area contributed by atoms with E-state index in [4.69, 9.17) is 4.43 Å². The van der Waals surface area contributed by atoms with Gasteiger partial charge in [-0.05, 0) is 19.6 Å². The fraction of sp³-hybridized carbons (Fsp3) is 1.00. The Balaban J connectivity index is 5.90. The van der Waals surface area contributed by atoms with E-state index in [1.54, 1.807) is 0 Å². The first-order valence-electron chi connectivity index (χ1n) is 6.68. The van der Waals surface area contributed by atoms with Crippen LogP contribution >= 0.6 is 0 Å². The summed E-state index contributed by atoms with van der Waals surface area (Å²) >= 11 is 0. The van der Waals surface area contributed by atoms with E-state index in [1.807, 2.05) is 0 Å². The first-order chi connectivity index (χ1) is 7.69. The predicted molar refractivity (Wildman–Crippen MR) is 86.9 cm³/mol. The Bertz CT molecular complexity index is 260. The molecule has 0 rings (SSSR count). The summed E-state index contributed by atoms with van der Waals surface area (Å²) in [5.74, 6) is 0. The molecule has 18 heavy (non-hydrogen) atoms. The molecule has 0 aromatic heterocycles. The lowest BCUT2D eigenvalue weighted by atomic mass is 10.4. The van der Waals surface area contributed by atoms with Crippen LogP contribution in [0.4, 0.5) is 0 Å². The lowest BCUT2D eigenvalue weighted by molar-refractivity contribution is 0.000340. The summed E-state index contributed by atoms with van der Waals surface area (Å²) < 4.78 is 6.56. The van der Waals surface area contributed by atoms with Gasteiger partial charge in [0.25, 0.3) is 0 Å². The van der Waals surface area contributed by atoms with Gasteiger partial charge in [-0.25, -0.2) is 0 Å². The molecule has 2 N–H and O–H groups in total. The predicted octanol–water partition coefficient (Wildman–Crippen LogP) is 2.68. The third-order valence-corrected chi connectivity index (χ3v) is 14.5. The summed E-state index contributed by atoms with van der Waals surface area (Å²) in [5.41, 5.74) is 0. The van der Waals surface area contributed by atoms with Crippen LogP contribution in [0.2, 0.25) is 58.9 Å². The lowest BCUT2D eigenvalue weighted by Crippen LogP contribution is -2.76. The van der Waals surface area contributed by atoms with Crippen molar-refractivity contribution >= 4 is 24.5 Å². The van der Waals surface area contributed by atoms with Crippen LogP contribution in [-0.4, -0.2) is 52.2 Å². The van der Waals surface area contributed by atoms with Crippen LogP contribution in [0.25, 0.3) is 0 Å². The second-order valence-corrected chi connectivity index (χ2v) is 23.6. The maximum Gasteiger partial charge on any atom is 0.183 e. The van der Waals surface area contributed by atoms with Gasteiger partial charge in [0.05, 0.1) is 33.7 Å². The zero-order chi connectivity index (χ0) is 15.0. The molecule has 0 aliphatic carbocycles. The van der Waals surface area contributed by atoms with Crippen LogP contribution in [0.1, 0.15) is 0 Å². The highest BCUT2D eigenvalue weighted by Gasteiger charge is 2.59. The van der Waals surface area contributed by atoms with Crippen molar-refractivity contribution < 1.29 is 14.6 Å². The Hall–Kier alpha value is 0.531. The van der Waals surface area contributed by atoms with E-state index in [-0.39, 0.29) is 6.61 Å². The zero-order valence-electron chi connectivity index (χ0n) is 13.6. The summed E-state index contributed by atoms with van der Waals surface area (Å²) in [7, 11) is -5.40. The van der Waals surface area contributed by atoms with Crippen molar-refractivity contribution in [1.29, 1.82) is 0 Å². The van der Waals surface area contributed by atoms with E-state index in [2.05, 4.69) is 58.9 Å². The maximum absolute atomic E-state index is 10.5. The number of hydrogen-bond donors (Lipinski definition) is 2. The largest absolute Gasteiger partial charge is 0.415 e. The summed E-state index contributed by atoms with van der Waals surface area (Å²) in [4.78, 5) is -0.487. The molecule has 0 aromatic carbocycles. The first-order valence-corrected chi connectivity index (χ1v) is 17.1. The second-order valence-electron chi connectivity index (χ2n) is 8.15. The highest BCUT2D eigenvalue weighted by molar-refractivity contribution is 6.99. The summed E-state index contributed by atoms with van der Waals surface area (Å²) in [6.45, 7) is 19.7. The van der Waals surface area contributed by atoms with E-state index in [9.17, 15) is 10.2 Å². The van der Waals surface area contributed by atoms with Gasteiger partial charge in [0.2, 0.25) is 0 Å². The van der Waals surface area contributed by atoms with Crippen molar-refractivity contribution in [2.24, 2.45) is 0 Å². The number of aliphatic hydroxyl groups is 2. The molecule has 0 bridgehead atoms. The average Bonchev–Trinajstić information content (AvgIpc) is 2.07. The summed E-state index contributed by atoms with van der Waals surface area (Å²) in [5, 5.41) is 20.0. The van der Waals surface area contributed by atoms with Gasteiger partial charge < -0.3 is 14.6 Å². The molecule has 0 aliphatic rings. The number of rotatable bonds is 6. The fourth-order valence-electron chi connectivity index (χ4n) is 3.11. The Morgan fingerprint density at radius 3 is 1.39 bits per heavy atom. The number of aliphatic hydroxyl groups excluding tert-OH is 2. The zero-order valence-corrected chi connectivity index (χ0v) is 16.6. The molecule has 6 heteroatoms. The molecule has 0 spiro atoms. The van der Waals surface area contributed by atoms with Gasteiger partial charge in [0.15, 0.2) is 8.32 Å². The third kappa shape index (κ3) is 3.77. The van der Waals surface area contributed by atoms with Crippen LogP contribution in [-0.2, 0) is 4.43 Å².